The number of aromatic nitrogens is 2. The highest BCUT2D eigenvalue weighted by atomic mass is 31.2. The molecule has 0 fully saturated rings. The normalized spacial score (nSPS) is 12.1. The average Bonchev–Trinajstić information content (AvgIpc) is 3.52. The number of hydrogen-bond acceptors (Lipinski definition) is 2. The summed E-state index contributed by atoms with van der Waals surface area (Å²) in [5.41, 5.74) is 6.42. The van der Waals surface area contributed by atoms with Gasteiger partial charge < -0.3 is 4.57 Å². The maximum atomic E-state index is 15.4. The molecule has 3 nitrogen and oxygen atoms in total. The van der Waals surface area contributed by atoms with E-state index in [0.717, 1.165) is 65.4 Å². The molecule has 0 aliphatic carbocycles. The van der Waals surface area contributed by atoms with Gasteiger partial charge in [0.1, 0.15) is 5.65 Å². The van der Waals surface area contributed by atoms with Crippen molar-refractivity contribution in [1.82, 2.24) is 9.38 Å². The summed E-state index contributed by atoms with van der Waals surface area (Å²) in [6.07, 6.45) is 0. The van der Waals surface area contributed by atoms with Gasteiger partial charge in [0.15, 0.2) is 7.14 Å². The van der Waals surface area contributed by atoms with Gasteiger partial charge in [0.05, 0.1) is 16.6 Å². The van der Waals surface area contributed by atoms with Gasteiger partial charge in [-0.2, -0.15) is 0 Å². The molecule has 0 aliphatic heterocycles. The predicted octanol–water partition coefficient (Wildman–Crippen LogP) is 9.25. The summed E-state index contributed by atoms with van der Waals surface area (Å²) >= 11 is 0. The lowest BCUT2D eigenvalue weighted by atomic mass is 9.95. The van der Waals surface area contributed by atoms with E-state index in [2.05, 4.69) is 95.4 Å². The van der Waals surface area contributed by atoms with Crippen molar-refractivity contribution in [2.24, 2.45) is 0 Å². The van der Waals surface area contributed by atoms with Crippen molar-refractivity contribution >= 4 is 72.2 Å². The number of imidazole rings is 1. The van der Waals surface area contributed by atoms with E-state index in [1.807, 2.05) is 72.8 Å². The summed E-state index contributed by atoms with van der Waals surface area (Å²) in [5, 5.41) is 8.10. The molecule has 45 heavy (non-hydrogen) atoms. The fourth-order valence-electron chi connectivity index (χ4n) is 7.00. The van der Waals surface area contributed by atoms with Crippen LogP contribution in [0.15, 0.2) is 164 Å². The summed E-state index contributed by atoms with van der Waals surface area (Å²) in [6.45, 7) is 0. The van der Waals surface area contributed by atoms with E-state index in [-0.39, 0.29) is 0 Å². The minimum atomic E-state index is -3.16. The Kier molecular flexibility index (Phi) is 5.78. The lowest BCUT2D eigenvalue weighted by Gasteiger charge is -2.22. The third kappa shape index (κ3) is 3.84. The van der Waals surface area contributed by atoms with E-state index < -0.39 is 7.14 Å². The van der Waals surface area contributed by atoms with Crippen molar-refractivity contribution in [1.29, 1.82) is 0 Å². The van der Waals surface area contributed by atoms with Crippen LogP contribution in [0.5, 0.6) is 0 Å². The molecule has 212 valence electrons. The largest absolute Gasteiger partial charge is 0.309 e. The number of pyridine rings is 1. The number of rotatable bonds is 4. The molecule has 2 aromatic heterocycles. The van der Waals surface area contributed by atoms with Gasteiger partial charge in [0, 0.05) is 26.7 Å². The van der Waals surface area contributed by atoms with Crippen LogP contribution >= 0.6 is 7.14 Å². The number of hydrogen-bond donors (Lipinski definition) is 0. The van der Waals surface area contributed by atoms with Crippen molar-refractivity contribution < 1.29 is 4.57 Å². The summed E-state index contributed by atoms with van der Waals surface area (Å²) in [5.74, 6) is 0. The van der Waals surface area contributed by atoms with Crippen molar-refractivity contribution in [2.75, 3.05) is 0 Å². The van der Waals surface area contributed by atoms with Crippen LogP contribution < -0.4 is 15.9 Å². The van der Waals surface area contributed by atoms with Crippen LogP contribution in [0.2, 0.25) is 0 Å². The minimum absolute atomic E-state index is 0.836. The highest BCUT2D eigenvalue weighted by Gasteiger charge is 2.31. The minimum Gasteiger partial charge on any atom is -0.309 e. The van der Waals surface area contributed by atoms with Crippen molar-refractivity contribution in [2.45, 2.75) is 0 Å². The Hall–Kier alpha value is -5.50. The molecule has 9 aromatic rings. The molecule has 0 unspecified atom stereocenters. The Morgan fingerprint density at radius 2 is 1.09 bits per heavy atom. The van der Waals surface area contributed by atoms with Gasteiger partial charge in [-0.1, -0.05) is 140 Å². The van der Waals surface area contributed by atoms with Gasteiger partial charge in [0.2, 0.25) is 0 Å². The van der Waals surface area contributed by atoms with Crippen LogP contribution in [0.25, 0.3) is 60.3 Å². The summed E-state index contributed by atoms with van der Waals surface area (Å²) in [7, 11) is -3.16. The van der Waals surface area contributed by atoms with E-state index in [1.165, 1.54) is 10.8 Å². The third-order valence-electron chi connectivity index (χ3n) is 9.05. The molecule has 0 radical (unpaired) electrons. The quantitative estimate of drug-likeness (QED) is 0.150. The van der Waals surface area contributed by atoms with Gasteiger partial charge in [0.25, 0.3) is 0 Å². The first-order valence-corrected chi connectivity index (χ1v) is 16.9. The number of para-hydroxylation sites is 2. The molecule has 0 atom stereocenters. The van der Waals surface area contributed by atoms with Crippen LogP contribution in [0, 0.1) is 0 Å². The molecule has 0 amide bonds. The standard InChI is InChI=1S/C41H27N2OP/c44-45(29-13-3-1-4-14-29,30-15-5-2-6-16-30)40-24-12-20-32-31(19-11-21-34(32)40)28-25-26-38-36(27-28)33-17-7-8-18-35(33)41-42-37-22-9-10-23-39(37)43(38)41/h1-27H. The van der Waals surface area contributed by atoms with E-state index in [9.17, 15) is 0 Å². The Balaban J connectivity index is 1.32. The van der Waals surface area contributed by atoms with E-state index in [4.69, 9.17) is 4.98 Å². The predicted molar refractivity (Wildman–Crippen MR) is 190 cm³/mol. The zero-order valence-corrected chi connectivity index (χ0v) is 25.2. The van der Waals surface area contributed by atoms with Crippen LogP contribution in [-0.4, -0.2) is 9.38 Å². The topological polar surface area (TPSA) is 34.4 Å². The first kappa shape index (κ1) is 25.9. The molecule has 9 rings (SSSR count). The van der Waals surface area contributed by atoms with Crippen molar-refractivity contribution in [3.63, 3.8) is 0 Å². The molecule has 0 saturated carbocycles. The molecule has 4 heteroatoms. The molecular formula is C41H27N2OP. The second-order valence-electron chi connectivity index (χ2n) is 11.5. The zero-order chi connectivity index (χ0) is 30.0. The Labute approximate surface area is 260 Å². The Morgan fingerprint density at radius 1 is 0.467 bits per heavy atom. The van der Waals surface area contributed by atoms with Crippen LogP contribution in [0.1, 0.15) is 0 Å². The lowest BCUT2D eigenvalue weighted by molar-refractivity contribution is 0.592. The molecule has 0 bridgehead atoms. The average molecular weight is 595 g/mol. The Bertz CT molecular complexity index is 2580. The smallest absolute Gasteiger partial charge is 0.171 e. The van der Waals surface area contributed by atoms with Gasteiger partial charge >= 0.3 is 0 Å². The maximum absolute atomic E-state index is 15.4. The van der Waals surface area contributed by atoms with Gasteiger partial charge in [-0.15, -0.1) is 0 Å². The van der Waals surface area contributed by atoms with E-state index >= 15 is 4.57 Å². The summed E-state index contributed by atoms with van der Waals surface area (Å²) < 4.78 is 17.7. The van der Waals surface area contributed by atoms with Gasteiger partial charge in [-0.25, -0.2) is 4.98 Å². The molecule has 0 saturated heterocycles. The highest BCUT2D eigenvalue weighted by molar-refractivity contribution is 7.85. The first-order chi connectivity index (χ1) is 22.2. The molecular weight excluding hydrogens is 567 g/mol. The molecule has 0 spiro atoms. The van der Waals surface area contributed by atoms with Crippen molar-refractivity contribution in [3.8, 4) is 11.1 Å². The maximum Gasteiger partial charge on any atom is 0.171 e. The lowest BCUT2D eigenvalue weighted by Crippen LogP contribution is -2.25. The molecule has 0 N–H and O–H groups in total. The monoisotopic (exact) mass is 594 g/mol. The van der Waals surface area contributed by atoms with Crippen LogP contribution in [0.3, 0.4) is 0 Å². The van der Waals surface area contributed by atoms with Crippen LogP contribution in [-0.2, 0) is 4.57 Å². The summed E-state index contributed by atoms with van der Waals surface area (Å²) in [6, 6.07) is 56.1. The number of benzene rings is 7. The summed E-state index contributed by atoms with van der Waals surface area (Å²) in [4.78, 5) is 5.03. The zero-order valence-electron chi connectivity index (χ0n) is 24.3. The van der Waals surface area contributed by atoms with Crippen molar-refractivity contribution in [3.05, 3.63) is 164 Å². The second-order valence-corrected chi connectivity index (χ2v) is 14.2. The van der Waals surface area contributed by atoms with E-state index in [0.29, 0.717) is 0 Å². The van der Waals surface area contributed by atoms with Gasteiger partial charge in [-0.3, -0.25) is 4.40 Å². The highest BCUT2D eigenvalue weighted by Crippen LogP contribution is 2.45. The number of fused-ring (bicyclic) bond motifs is 9. The van der Waals surface area contributed by atoms with Gasteiger partial charge in [-0.05, 0) is 51.6 Å². The fourth-order valence-corrected chi connectivity index (χ4v) is 9.87. The first-order valence-electron chi connectivity index (χ1n) is 15.2. The molecule has 7 aromatic carbocycles. The Morgan fingerprint density at radius 3 is 1.87 bits per heavy atom. The SMILES string of the molecule is O=P(c1ccccc1)(c1ccccc1)c1cccc2c(-c3ccc4c(c3)c3ccccc3c3nc5ccccc5n43)cccc12. The molecule has 0 aliphatic rings. The van der Waals surface area contributed by atoms with Crippen LogP contribution in [0.4, 0.5) is 0 Å². The second kappa shape index (κ2) is 10.0. The third-order valence-corrected chi connectivity index (χ3v) is 12.2. The fraction of sp³-hybridized carbons (Fsp3) is 0. The number of nitrogens with zero attached hydrogens (tertiary/aromatic N) is 2. The molecule has 2 heterocycles. The van der Waals surface area contributed by atoms with E-state index in [1.54, 1.807) is 0 Å².